The summed E-state index contributed by atoms with van der Waals surface area (Å²) < 4.78 is 1.76. The minimum Gasteiger partial charge on any atom is -0.480 e. The molecular weight excluding hydrogens is 991 g/mol. The molecule has 3 aromatic heterocycles. The Morgan fingerprint density at radius 3 is 2.01 bits per heavy atom. The van der Waals surface area contributed by atoms with Gasteiger partial charge in [0.15, 0.2) is 46.7 Å². The number of aliphatic carboxylic acids is 5. The number of rotatable bonds is 21. The number of β-lactam (4-membered cyclic amide) rings is 1. The molecule has 3 aromatic rings. The van der Waals surface area contributed by atoms with Crippen LogP contribution in [0.1, 0.15) is 39.1 Å². The first-order chi connectivity index (χ1) is 32.5. The highest BCUT2D eigenvalue weighted by Gasteiger charge is 2.55. The third-order valence-corrected chi connectivity index (χ3v) is 14.1. The van der Waals surface area contributed by atoms with Crippen molar-refractivity contribution in [1.82, 2.24) is 30.8 Å². The van der Waals surface area contributed by atoms with E-state index in [4.69, 9.17) is 15.4 Å². The number of nitrogens with one attached hydrogen (secondary N) is 4. The largest absolute Gasteiger partial charge is 0.480 e. The lowest BCUT2D eigenvalue weighted by atomic mass is 10.0. The molecule has 366 valence electrons. The van der Waals surface area contributed by atoms with Crippen molar-refractivity contribution in [2.24, 2.45) is 10.3 Å². The molecule has 1 fully saturated rings. The number of anilines is 2. The zero-order valence-electron chi connectivity index (χ0n) is 36.4. The Balaban J connectivity index is 1.17. The van der Waals surface area contributed by atoms with Crippen LogP contribution in [0, 0.1) is 0 Å². The van der Waals surface area contributed by atoms with Crippen molar-refractivity contribution in [2.75, 3.05) is 29.1 Å². The number of nitrogens with two attached hydrogens (primary N) is 1. The molecule has 0 unspecified atom stereocenters. The van der Waals surface area contributed by atoms with Crippen molar-refractivity contribution in [3.8, 4) is 0 Å². The second-order valence-electron chi connectivity index (χ2n) is 15.8. The number of oxime groups is 2. The summed E-state index contributed by atoms with van der Waals surface area (Å²) in [5, 5.41) is 68.0. The predicted octanol–water partition coefficient (Wildman–Crippen LogP) is -0.241. The highest BCUT2D eigenvalue weighted by Crippen LogP contribution is 2.40. The number of carbonyl (C=O) groups is 8. The van der Waals surface area contributed by atoms with Crippen LogP contribution in [0.2, 0.25) is 0 Å². The second kappa shape index (κ2) is 20.9. The summed E-state index contributed by atoms with van der Waals surface area (Å²) in [5.41, 5.74) is 0.424. The lowest BCUT2D eigenvalue weighted by Crippen LogP contribution is -2.71. The van der Waals surface area contributed by atoms with Crippen LogP contribution in [0.3, 0.4) is 0 Å². The zero-order valence-corrected chi connectivity index (χ0v) is 39.7. The van der Waals surface area contributed by atoms with Crippen LogP contribution in [0.25, 0.3) is 0 Å². The van der Waals surface area contributed by atoms with Gasteiger partial charge in [-0.25, -0.2) is 38.5 Å². The number of pyridine rings is 1. The summed E-state index contributed by atoms with van der Waals surface area (Å²) in [7, 11) is 0. The van der Waals surface area contributed by atoms with Gasteiger partial charge in [-0.3, -0.25) is 19.3 Å². The van der Waals surface area contributed by atoms with Gasteiger partial charge in [0.2, 0.25) is 11.2 Å². The third kappa shape index (κ3) is 11.7. The number of carboxylic acids is 5. The Hall–Kier alpha value is -7.31. The average molecular weight is 1030 g/mol. The molecule has 0 spiro atoms. The number of carboxylic acid groups (broad SMARTS) is 5. The smallest absolute Gasteiger partial charge is 0.352 e. The van der Waals surface area contributed by atoms with Crippen molar-refractivity contribution < 1.29 is 78.1 Å². The molecule has 26 nitrogen and oxygen atoms in total. The molecule has 0 bridgehead atoms. The summed E-state index contributed by atoms with van der Waals surface area (Å²) in [6.45, 7) is 4.64. The number of nitrogens with zero attached hydrogens (tertiary/aromatic N) is 6. The Morgan fingerprint density at radius 1 is 0.855 bits per heavy atom. The number of hydrogen-bond acceptors (Lipinski definition) is 21. The van der Waals surface area contributed by atoms with E-state index in [0.717, 1.165) is 53.2 Å². The van der Waals surface area contributed by atoms with Gasteiger partial charge in [-0.05, 0) is 33.3 Å². The molecular formula is C39H42N11O15S4+. The number of hydrogen-bond donors (Lipinski definition) is 10. The molecule has 0 radical (unpaired) electrons. The van der Waals surface area contributed by atoms with Gasteiger partial charge in [-0.2, -0.15) is 0 Å². The van der Waals surface area contributed by atoms with Gasteiger partial charge >= 0.3 is 29.8 Å². The van der Waals surface area contributed by atoms with Crippen LogP contribution >= 0.6 is 46.2 Å². The number of aromatic nitrogens is 3. The topological polar surface area (TPSA) is 388 Å². The SMILES string of the molecule is CC(C)(O/N=C(\C(=O)N[C@H](C(=O)O)[C@@H]1NC(C(=O)O)=C(CNc2nc(/C(=N/OC(C)(C)C(=O)O)C(=O)N[C@@H]3C(=O)N4C(C(=O)O)=C(C[n+]5ccccc5)CS[C@H]34)cs2)CS1)c1csc(N)n1)C(=O)O. The summed E-state index contributed by atoms with van der Waals surface area (Å²) in [5.74, 6) is -10.0. The quantitative estimate of drug-likeness (QED) is 0.0285. The van der Waals surface area contributed by atoms with E-state index in [-0.39, 0.29) is 57.5 Å². The van der Waals surface area contributed by atoms with E-state index >= 15 is 0 Å². The second-order valence-corrected chi connectivity index (χ2v) is 19.8. The third-order valence-electron chi connectivity index (χ3n) is 9.99. The van der Waals surface area contributed by atoms with Crippen LogP contribution < -0.4 is 31.6 Å². The summed E-state index contributed by atoms with van der Waals surface area (Å²) in [6, 6.07) is 2.32. The van der Waals surface area contributed by atoms with Crippen LogP contribution in [0.15, 0.2) is 74.2 Å². The van der Waals surface area contributed by atoms with Crippen molar-refractivity contribution in [1.29, 1.82) is 0 Å². The molecule has 11 N–H and O–H groups in total. The van der Waals surface area contributed by atoms with Crippen LogP contribution in [-0.4, -0.2) is 151 Å². The van der Waals surface area contributed by atoms with E-state index in [0.29, 0.717) is 5.57 Å². The molecule has 6 heterocycles. The van der Waals surface area contributed by atoms with Crippen molar-refractivity contribution >= 4 is 115 Å². The number of nitrogen functional groups attached to an aromatic ring is 1. The number of fused-ring (bicyclic) bond motifs is 1. The van der Waals surface area contributed by atoms with Crippen LogP contribution in [0.4, 0.5) is 10.3 Å². The van der Waals surface area contributed by atoms with E-state index < -0.39 is 98.7 Å². The van der Waals surface area contributed by atoms with Crippen LogP contribution in [-0.2, 0) is 54.6 Å². The fraction of sp³-hybridized carbons (Fsp3) is 0.359. The van der Waals surface area contributed by atoms with Crippen molar-refractivity contribution in [3.05, 3.63) is 75.3 Å². The lowest BCUT2D eigenvalue weighted by molar-refractivity contribution is -0.689. The van der Waals surface area contributed by atoms with Crippen molar-refractivity contribution in [3.63, 3.8) is 0 Å². The summed E-state index contributed by atoms with van der Waals surface area (Å²) >= 11 is 3.98. The van der Waals surface area contributed by atoms with E-state index in [1.54, 1.807) is 35.2 Å². The first-order valence-corrected chi connectivity index (χ1v) is 23.8. The Labute approximate surface area is 405 Å². The minimum atomic E-state index is -1.94. The van der Waals surface area contributed by atoms with Gasteiger partial charge < -0.3 is 62.2 Å². The molecule has 3 aliphatic rings. The Morgan fingerprint density at radius 2 is 1.45 bits per heavy atom. The first-order valence-electron chi connectivity index (χ1n) is 19.9. The maximum Gasteiger partial charge on any atom is 0.352 e. The van der Waals surface area contributed by atoms with E-state index in [2.05, 4.69) is 41.5 Å². The number of amides is 3. The molecule has 0 saturated carbocycles. The molecule has 69 heavy (non-hydrogen) atoms. The first kappa shape index (κ1) is 51.1. The van der Waals surface area contributed by atoms with Gasteiger partial charge in [-0.1, -0.05) is 16.4 Å². The fourth-order valence-corrected chi connectivity index (χ4v) is 9.96. The van der Waals surface area contributed by atoms with Crippen LogP contribution in [0.5, 0.6) is 0 Å². The maximum absolute atomic E-state index is 13.9. The predicted molar refractivity (Wildman–Crippen MR) is 246 cm³/mol. The zero-order chi connectivity index (χ0) is 50.5. The molecule has 6 rings (SSSR count). The van der Waals surface area contributed by atoms with Gasteiger partial charge in [0.05, 0.1) is 0 Å². The van der Waals surface area contributed by atoms with Gasteiger partial charge in [0.1, 0.15) is 39.6 Å². The van der Waals surface area contributed by atoms with E-state index in [1.165, 1.54) is 36.4 Å². The normalized spacial score (nSPS) is 19.0. The fourth-order valence-electron chi connectivity index (χ4n) is 6.18. The standard InChI is InChI=1S/C39H41N11O15S4/c1-38(2,34(60)61)64-47-21(18-14-68-36(40)42-18)26(51)44-23(32(56)57)28-46-20(31(54)55)16(12-66-28)10-41-37-43-19(15-69-37)22(48-65-39(3,4)35(62)63)27(52)45-24-29(53)50-25(33(58)59)17(13-67-30(24)50)11-49-8-6-5-7-9-49/h5-9,14-15,23-24,28,30,46H,10-13H2,1-4H3,(H9-,40,41,42,43,44,45,51,52,54,55,56,57,58,59,60,61,62,63)/p+1/b47-21-,48-22-/t23-,24+,28+,30+/m0/s1. The highest BCUT2D eigenvalue weighted by atomic mass is 32.2. The molecule has 3 amide bonds. The van der Waals surface area contributed by atoms with Gasteiger partial charge in [-0.15, -0.1) is 46.2 Å². The summed E-state index contributed by atoms with van der Waals surface area (Å²) in [4.78, 5) is 122. The molecule has 3 aliphatic heterocycles. The number of thiazole rings is 2. The Bertz CT molecular complexity index is 2720. The van der Waals surface area contributed by atoms with Gasteiger partial charge in [0, 0.05) is 46.5 Å². The number of carbonyl (C=O) groups excluding carboxylic acids is 3. The molecule has 30 heteroatoms. The average Bonchev–Trinajstić information content (AvgIpc) is 3.95. The minimum absolute atomic E-state index is 0.00288. The molecule has 0 aromatic carbocycles. The maximum atomic E-state index is 13.9. The van der Waals surface area contributed by atoms with Crippen molar-refractivity contribution in [2.45, 2.75) is 68.3 Å². The Kier molecular flexibility index (Phi) is 15.5. The molecule has 4 atom stereocenters. The lowest BCUT2D eigenvalue weighted by Gasteiger charge is -2.49. The highest BCUT2D eigenvalue weighted by molar-refractivity contribution is 8.00. The van der Waals surface area contributed by atoms with E-state index in [9.17, 15) is 63.9 Å². The number of thioether (sulfide) groups is 2. The molecule has 1 saturated heterocycles. The monoisotopic (exact) mass is 1030 g/mol. The van der Waals surface area contributed by atoms with Gasteiger partial charge in [0.25, 0.3) is 17.7 Å². The van der Waals surface area contributed by atoms with E-state index in [1.807, 2.05) is 0 Å². The molecule has 0 aliphatic carbocycles. The summed E-state index contributed by atoms with van der Waals surface area (Å²) in [6.07, 6.45) is 3.50.